The highest BCUT2D eigenvalue weighted by Gasteiger charge is 2.22. The molecule has 1 amide bonds. The van der Waals surface area contributed by atoms with Crippen molar-refractivity contribution in [3.8, 4) is 11.1 Å². The summed E-state index contributed by atoms with van der Waals surface area (Å²) in [4.78, 5) is 12.5. The Bertz CT molecular complexity index is 949. The van der Waals surface area contributed by atoms with Gasteiger partial charge in [0.25, 0.3) is 0 Å². The lowest BCUT2D eigenvalue weighted by atomic mass is 9.99. The molecule has 1 aliphatic rings. The van der Waals surface area contributed by atoms with E-state index >= 15 is 0 Å². The van der Waals surface area contributed by atoms with Gasteiger partial charge in [-0.1, -0.05) is 23.7 Å². The number of aromatic nitrogens is 2. The molecule has 1 fully saturated rings. The highest BCUT2D eigenvalue weighted by molar-refractivity contribution is 6.33. The Kier molecular flexibility index (Phi) is 5.99. The number of carbonyl (C=O) groups is 1. The van der Waals surface area contributed by atoms with Crippen LogP contribution in [0.1, 0.15) is 12.8 Å². The van der Waals surface area contributed by atoms with E-state index in [4.69, 9.17) is 11.6 Å². The lowest BCUT2D eigenvalue weighted by Crippen LogP contribution is -2.37. The average Bonchev–Trinajstić information content (AvgIpc) is 3.04. The number of aromatic amines is 1. The van der Waals surface area contributed by atoms with E-state index in [0.29, 0.717) is 28.5 Å². The van der Waals surface area contributed by atoms with Gasteiger partial charge in [-0.15, -0.1) is 12.4 Å². The topological polar surface area (TPSA) is 69.8 Å². The van der Waals surface area contributed by atoms with E-state index in [9.17, 15) is 9.18 Å². The van der Waals surface area contributed by atoms with Crippen molar-refractivity contribution >= 4 is 46.6 Å². The maximum atomic E-state index is 14.2. The number of carbonyl (C=O) groups excluding carboxylic acids is 1. The van der Waals surface area contributed by atoms with E-state index in [2.05, 4.69) is 20.8 Å². The largest absolute Gasteiger partial charge is 0.316 e. The summed E-state index contributed by atoms with van der Waals surface area (Å²) in [5.74, 6) is -0.0660. The molecule has 1 unspecified atom stereocenters. The Morgan fingerprint density at radius 3 is 2.89 bits per heavy atom. The first-order valence-corrected chi connectivity index (χ1v) is 8.95. The standard InChI is InChI=1S/C19H18ClFN4O.ClH/c20-14-4-1-5-15(21)17(14)11-6-7-16-13(9-11)18(25-24-16)23-19(26)12-3-2-8-22-10-12;/h1,4-7,9,12,22H,2-3,8,10H2,(H2,23,24,25,26);1H. The van der Waals surface area contributed by atoms with Crippen LogP contribution in [-0.2, 0) is 4.79 Å². The SMILES string of the molecule is Cl.O=C(Nc1n[nH]c2ccc(-c3c(F)cccc3Cl)cc12)C1CCCNC1. The van der Waals surface area contributed by atoms with Crippen molar-refractivity contribution in [3.63, 3.8) is 0 Å². The molecule has 2 aromatic carbocycles. The molecule has 0 bridgehead atoms. The molecular formula is C19H19Cl2FN4O. The molecule has 3 N–H and O–H groups in total. The summed E-state index contributed by atoms with van der Waals surface area (Å²) in [5, 5.41) is 14.3. The summed E-state index contributed by atoms with van der Waals surface area (Å²) < 4.78 is 14.2. The fraction of sp³-hybridized carbons (Fsp3) is 0.263. The molecule has 1 aromatic heterocycles. The maximum Gasteiger partial charge on any atom is 0.229 e. The van der Waals surface area contributed by atoms with Crippen LogP contribution in [0.15, 0.2) is 36.4 Å². The molecule has 0 spiro atoms. The molecule has 0 radical (unpaired) electrons. The zero-order chi connectivity index (χ0) is 18.1. The fourth-order valence-corrected chi connectivity index (χ4v) is 3.60. The minimum absolute atomic E-state index is 0. The van der Waals surface area contributed by atoms with Crippen molar-refractivity contribution in [1.29, 1.82) is 0 Å². The monoisotopic (exact) mass is 408 g/mol. The summed E-state index contributed by atoms with van der Waals surface area (Å²) in [5.41, 5.74) is 1.74. The van der Waals surface area contributed by atoms with Crippen molar-refractivity contribution < 1.29 is 9.18 Å². The van der Waals surface area contributed by atoms with Crippen LogP contribution in [0, 0.1) is 11.7 Å². The van der Waals surface area contributed by atoms with Gasteiger partial charge < -0.3 is 10.6 Å². The Labute approximate surface area is 167 Å². The number of hydrogen-bond acceptors (Lipinski definition) is 3. The third-order valence-electron chi connectivity index (χ3n) is 4.72. The van der Waals surface area contributed by atoms with Crippen molar-refractivity contribution in [1.82, 2.24) is 15.5 Å². The van der Waals surface area contributed by atoms with E-state index in [-0.39, 0.29) is 30.0 Å². The minimum Gasteiger partial charge on any atom is -0.316 e. The summed E-state index contributed by atoms with van der Waals surface area (Å²) in [6.45, 7) is 1.62. The lowest BCUT2D eigenvalue weighted by molar-refractivity contribution is -0.120. The molecule has 0 aliphatic carbocycles. The normalized spacial score (nSPS) is 16.7. The summed E-state index contributed by atoms with van der Waals surface area (Å²) in [7, 11) is 0. The molecule has 3 aromatic rings. The number of H-pyrrole nitrogens is 1. The molecule has 1 saturated heterocycles. The summed E-state index contributed by atoms with van der Waals surface area (Å²) in [6, 6.07) is 9.97. The van der Waals surface area contributed by atoms with Gasteiger partial charge in [-0.05, 0) is 49.2 Å². The number of fused-ring (bicyclic) bond motifs is 1. The molecule has 1 aliphatic heterocycles. The smallest absolute Gasteiger partial charge is 0.229 e. The Balaban J connectivity index is 0.00000210. The van der Waals surface area contributed by atoms with Crippen LogP contribution >= 0.6 is 24.0 Å². The number of nitrogens with zero attached hydrogens (tertiary/aromatic N) is 1. The van der Waals surface area contributed by atoms with Crippen LogP contribution in [0.2, 0.25) is 5.02 Å². The molecular weight excluding hydrogens is 390 g/mol. The molecule has 8 heteroatoms. The van der Waals surface area contributed by atoms with Gasteiger partial charge in [-0.3, -0.25) is 9.89 Å². The number of rotatable bonds is 3. The van der Waals surface area contributed by atoms with E-state index in [1.54, 1.807) is 30.3 Å². The quantitative estimate of drug-likeness (QED) is 0.601. The van der Waals surface area contributed by atoms with Gasteiger partial charge >= 0.3 is 0 Å². The number of piperidine rings is 1. The van der Waals surface area contributed by atoms with Crippen LogP contribution in [0.3, 0.4) is 0 Å². The Hall–Kier alpha value is -2.15. The van der Waals surface area contributed by atoms with Gasteiger partial charge in [0, 0.05) is 17.5 Å². The van der Waals surface area contributed by atoms with E-state index in [1.165, 1.54) is 6.07 Å². The first-order valence-electron chi connectivity index (χ1n) is 8.57. The van der Waals surface area contributed by atoms with Crippen molar-refractivity contribution in [2.75, 3.05) is 18.4 Å². The molecule has 0 saturated carbocycles. The summed E-state index contributed by atoms with van der Waals surface area (Å²) in [6.07, 6.45) is 1.84. The molecule has 2 heterocycles. The number of amides is 1. The van der Waals surface area contributed by atoms with Crippen LogP contribution in [-0.4, -0.2) is 29.2 Å². The third kappa shape index (κ3) is 3.93. The van der Waals surface area contributed by atoms with Crippen molar-refractivity contribution in [2.45, 2.75) is 12.8 Å². The molecule has 27 heavy (non-hydrogen) atoms. The number of benzene rings is 2. The fourth-order valence-electron chi connectivity index (χ4n) is 3.33. The van der Waals surface area contributed by atoms with Crippen molar-refractivity contribution in [3.05, 3.63) is 47.2 Å². The first-order chi connectivity index (χ1) is 12.6. The molecule has 1 atom stereocenters. The van der Waals surface area contributed by atoms with Gasteiger partial charge in [0.05, 0.1) is 16.5 Å². The van der Waals surface area contributed by atoms with Gasteiger partial charge in [0.1, 0.15) is 5.82 Å². The molecule has 4 rings (SSSR count). The zero-order valence-electron chi connectivity index (χ0n) is 14.4. The summed E-state index contributed by atoms with van der Waals surface area (Å²) >= 11 is 6.17. The predicted molar refractivity (Wildman–Crippen MR) is 108 cm³/mol. The Morgan fingerprint density at radius 2 is 2.15 bits per heavy atom. The second-order valence-electron chi connectivity index (χ2n) is 6.46. The van der Waals surface area contributed by atoms with Crippen LogP contribution in [0.5, 0.6) is 0 Å². The number of hydrogen-bond donors (Lipinski definition) is 3. The zero-order valence-corrected chi connectivity index (χ0v) is 16.0. The van der Waals surface area contributed by atoms with Gasteiger partial charge in [0.15, 0.2) is 5.82 Å². The molecule has 5 nitrogen and oxygen atoms in total. The van der Waals surface area contributed by atoms with Crippen LogP contribution in [0.25, 0.3) is 22.0 Å². The van der Waals surface area contributed by atoms with Gasteiger partial charge in [-0.2, -0.15) is 5.10 Å². The first kappa shape index (κ1) is 19.6. The van der Waals surface area contributed by atoms with Crippen LogP contribution < -0.4 is 10.6 Å². The lowest BCUT2D eigenvalue weighted by Gasteiger charge is -2.21. The number of nitrogens with one attached hydrogen (secondary N) is 3. The van der Waals surface area contributed by atoms with Crippen molar-refractivity contribution in [2.24, 2.45) is 5.92 Å². The van der Waals surface area contributed by atoms with E-state index in [0.717, 1.165) is 30.3 Å². The van der Waals surface area contributed by atoms with Gasteiger partial charge in [0.2, 0.25) is 5.91 Å². The maximum absolute atomic E-state index is 14.2. The molecule has 142 valence electrons. The number of anilines is 1. The highest BCUT2D eigenvalue weighted by atomic mass is 35.5. The predicted octanol–water partition coefficient (Wildman–Crippen LogP) is 4.38. The average molecular weight is 409 g/mol. The highest BCUT2D eigenvalue weighted by Crippen LogP contribution is 2.33. The van der Waals surface area contributed by atoms with Gasteiger partial charge in [-0.25, -0.2) is 4.39 Å². The van der Waals surface area contributed by atoms with E-state index < -0.39 is 0 Å². The second-order valence-corrected chi connectivity index (χ2v) is 6.87. The Morgan fingerprint density at radius 1 is 1.30 bits per heavy atom. The number of halogens is 3. The second kappa shape index (κ2) is 8.25. The van der Waals surface area contributed by atoms with E-state index in [1.807, 2.05) is 0 Å². The van der Waals surface area contributed by atoms with Crippen LogP contribution in [0.4, 0.5) is 10.2 Å². The third-order valence-corrected chi connectivity index (χ3v) is 5.04. The minimum atomic E-state index is -0.390.